The van der Waals surface area contributed by atoms with Crippen LogP contribution in [0.5, 0.6) is 0 Å². The number of carboxylic acids is 1. The zero-order valence-corrected chi connectivity index (χ0v) is 12.5. The minimum Gasteiger partial charge on any atom is -0.481 e. The molecule has 1 aromatic carbocycles. The van der Waals surface area contributed by atoms with Crippen molar-refractivity contribution in [2.24, 2.45) is 0 Å². The average Bonchev–Trinajstić information content (AvgIpc) is 2.37. The van der Waals surface area contributed by atoms with Crippen LogP contribution in [0.4, 0.5) is 9.18 Å². The van der Waals surface area contributed by atoms with Crippen molar-refractivity contribution in [2.75, 3.05) is 6.54 Å². The summed E-state index contributed by atoms with van der Waals surface area (Å²) in [6.45, 7) is 5.51. The second-order valence-corrected chi connectivity index (χ2v) is 5.16. The molecule has 21 heavy (non-hydrogen) atoms. The van der Waals surface area contributed by atoms with Crippen molar-refractivity contribution < 1.29 is 19.1 Å². The standard InChI is InChI=1S/C15H21FN2O3/c1-10(2)18(8-7-14(19)20)15(21)17-11(3)12-5-4-6-13(16)9-12/h4-6,9-11H,7-8H2,1-3H3,(H,17,21)(H,19,20). The average molecular weight is 296 g/mol. The molecule has 1 aromatic rings. The van der Waals surface area contributed by atoms with Crippen molar-refractivity contribution in [3.05, 3.63) is 35.6 Å². The lowest BCUT2D eigenvalue weighted by atomic mass is 10.1. The highest BCUT2D eigenvalue weighted by Crippen LogP contribution is 2.14. The molecule has 6 heteroatoms. The van der Waals surface area contributed by atoms with E-state index in [4.69, 9.17) is 5.11 Å². The molecule has 0 fully saturated rings. The van der Waals surface area contributed by atoms with Gasteiger partial charge in [-0.25, -0.2) is 9.18 Å². The SMILES string of the molecule is CC(NC(=O)N(CCC(=O)O)C(C)C)c1cccc(F)c1. The number of nitrogens with zero attached hydrogens (tertiary/aromatic N) is 1. The van der Waals surface area contributed by atoms with Crippen LogP contribution in [0.15, 0.2) is 24.3 Å². The molecule has 0 aliphatic heterocycles. The molecule has 1 atom stereocenters. The van der Waals surface area contributed by atoms with E-state index in [1.54, 1.807) is 19.1 Å². The van der Waals surface area contributed by atoms with Crippen LogP contribution >= 0.6 is 0 Å². The molecular formula is C15H21FN2O3. The minimum absolute atomic E-state index is 0.111. The highest BCUT2D eigenvalue weighted by atomic mass is 19.1. The van der Waals surface area contributed by atoms with Gasteiger partial charge in [0, 0.05) is 12.6 Å². The van der Waals surface area contributed by atoms with E-state index in [0.29, 0.717) is 5.56 Å². The van der Waals surface area contributed by atoms with Gasteiger partial charge >= 0.3 is 12.0 Å². The maximum absolute atomic E-state index is 13.2. The summed E-state index contributed by atoms with van der Waals surface area (Å²) in [5, 5.41) is 11.5. The quantitative estimate of drug-likeness (QED) is 0.848. The van der Waals surface area contributed by atoms with Crippen molar-refractivity contribution in [3.63, 3.8) is 0 Å². The second kappa shape index (κ2) is 7.61. The van der Waals surface area contributed by atoms with Gasteiger partial charge in [0.05, 0.1) is 12.5 Å². The normalized spacial score (nSPS) is 12.0. The van der Waals surface area contributed by atoms with Gasteiger partial charge in [0.25, 0.3) is 0 Å². The Kier molecular flexibility index (Phi) is 6.14. The molecule has 0 aromatic heterocycles. The third-order valence-corrected chi connectivity index (χ3v) is 3.14. The number of carbonyl (C=O) groups is 2. The van der Waals surface area contributed by atoms with Gasteiger partial charge in [-0.2, -0.15) is 0 Å². The van der Waals surface area contributed by atoms with Gasteiger partial charge in [0.2, 0.25) is 0 Å². The van der Waals surface area contributed by atoms with E-state index in [0.717, 1.165) is 0 Å². The fourth-order valence-electron chi connectivity index (χ4n) is 1.94. The predicted molar refractivity (Wildman–Crippen MR) is 77.4 cm³/mol. The highest BCUT2D eigenvalue weighted by Gasteiger charge is 2.20. The summed E-state index contributed by atoms with van der Waals surface area (Å²) in [5.74, 6) is -1.31. The van der Waals surface area contributed by atoms with Crippen LogP contribution in [0, 0.1) is 5.82 Å². The van der Waals surface area contributed by atoms with Crippen LogP contribution < -0.4 is 5.32 Å². The smallest absolute Gasteiger partial charge is 0.318 e. The van der Waals surface area contributed by atoms with Gasteiger partial charge < -0.3 is 15.3 Å². The number of aliphatic carboxylic acids is 1. The first-order valence-corrected chi connectivity index (χ1v) is 6.85. The zero-order chi connectivity index (χ0) is 16.0. The Morgan fingerprint density at radius 2 is 2.00 bits per heavy atom. The molecule has 0 spiro atoms. The summed E-state index contributed by atoms with van der Waals surface area (Å²) in [4.78, 5) is 24.3. The van der Waals surface area contributed by atoms with Gasteiger partial charge in [0.15, 0.2) is 0 Å². The lowest BCUT2D eigenvalue weighted by Gasteiger charge is -2.28. The summed E-state index contributed by atoms with van der Waals surface area (Å²) >= 11 is 0. The largest absolute Gasteiger partial charge is 0.481 e. The Morgan fingerprint density at radius 3 is 2.52 bits per heavy atom. The summed E-state index contributed by atoms with van der Waals surface area (Å²) in [7, 11) is 0. The lowest BCUT2D eigenvalue weighted by Crippen LogP contribution is -2.45. The van der Waals surface area contributed by atoms with Gasteiger partial charge in [-0.05, 0) is 38.5 Å². The number of rotatable bonds is 6. The molecule has 0 aliphatic rings. The first-order valence-electron chi connectivity index (χ1n) is 6.85. The number of benzene rings is 1. The van der Waals surface area contributed by atoms with Crippen LogP contribution in [0.1, 0.15) is 38.8 Å². The summed E-state index contributed by atoms with van der Waals surface area (Å²) in [6.07, 6.45) is -0.111. The van der Waals surface area contributed by atoms with E-state index < -0.39 is 5.97 Å². The van der Waals surface area contributed by atoms with Crippen molar-refractivity contribution in [3.8, 4) is 0 Å². The predicted octanol–water partition coefficient (Wildman–Crippen LogP) is 2.78. The Bertz CT molecular complexity index is 505. The number of nitrogens with one attached hydrogen (secondary N) is 1. The van der Waals surface area contributed by atoms with Gasteiger partial charge in [-0.1, -0.05) is 12.1 Å². The topological polar surface area (TPSA) is 69.6 Å². The maximum Gasteiger partial charge on any atom is 0.318 e. The van der Waals surface area contributed by atoms with E-state index >= 15 is 0 Å². The zero-order valence-electron chi connectivity index (χ0n) is 12.5. The van der Waals surface area contributed by atoms with Crippen LogP contribution in [-0.4, -0.2) is 34.6 Å². The van der Waals surface area contributed by atoms with Crippen molar-refractivity contribution in [2.45, 2.75) is 39.3 Å². The van der Waals surface area contributed by atoms with Crippen molar-refractivity contribution >= 4 is 12.0 Å². The van der Waals surface area contributed by atoms with Crippen LogP contribution in [0.2, 0.25) is 0 Å². The fraction of sp³-hybridized carbons (Fsp3) is 0.467. The molecule has 0 radical (unpaired) electrons. The number of halogens is 1. The van der Waals surface area contributed by atoms with Crippen molar-refractivity contribution in [1.29, 1.82) is 0 Å². The number of hydrogen-bond donors (Lipinski definition) is 2. The number of amides is 2. The Hall–Kier alpha value is -2.11. The Balaban J connectivity index is 2.70. The van der Waals surface area contributed by atoms with Crippen molar-refractivity contribution in [1.82, 2.24) is 10.2 Å². The van der Waals surface area contributed by atoms with E-state index in [-0.39, 0.29) is 36.9 Å². The number of carboxylic acid groups (broad SMARTS) is 1. The Morgan fingerprint density at radius 1 is 1.33 bits per heavy atom. The molecule has 1 unspecified atom stereocenters. The highest BCUT2D eigenvalue weighted by molar-refractivity contribution is 5.76. The molecule has 5 nitrogen and oxygen atoms in total. The van der Waals surface area contributed by atoms with E-state index in [1.807, 2.05) is 13.8 Å². The molecule has 0 saturated carbocycles. The molecule has 1 rings (SSSR count). The third-order valence-electron chi connectivity index (χ3n) is 3.14. The minimum atomic E-state index is -0.952. The van der Waals surface area contributed by atoms with Crippen LogP contribution in [0.3, 0.4) is 0 Å². The summed E-state index contributed by atoms with van der Waals surface area (Å²) < 4.78 is 13.2. The van der Waals surface area contributed by atoms with E-state index in [9.17, 15) is 14.0 Å². The number of hydrogen-bond acceptors (Lipinski definition) is 2. The summed E-state index contributed by atoms with van der Waals surface area (Å²) in [5.41, 5.74) is 0.658. The summed E-state index contributed by atoms with van der Waals surface area (Å²) in [6, 6.07) is 5.17. The molecule has 2 amide bonds. The third kappa shape index (κ3) is 5.41. The van der Waals surface area contributed by atoms with Crippen LogP contribution in [-0.2, 0) is 4.79 Å². The van der Waals surface area contributed by atoms with E-state index in [2.05, 4.69) is 5.32 Å². The molecule has 116 valence electrons. The molecule has 2 N–H and O–H groups in total. The molecule has 0 aliphatic carbocycles. The maximum atomic E-state index is 13.2. The first-order chi connectivity index (χ1) is 9.81. The first kappa shape index (κ1) is 16.9. The van der Waals surface area contributed by atoms with E-state index in [1.165, 1.54) is 17.0 Å². The van der Waals surface area contributed by atoms with Gasteiger partial charge in [-0.3, -0.25) is 4.79 Å². The molecular weight excluding hydrogens is 275 g/mol. The fourth-order valence-corrected chi connectivity index (χ4v) is 1.94. The number of urea groups is 1. The molecule has 0 bridgehead atoms. The lowest BCUT2D eigenvalue weighted by molar-refractivity contribution is -0.137. The Labute approximate surface area is 123 Å². The number of carbonyl (C=O) groups excluding carboxylic acids is 1. The second-order valence-electron chi connectivity index (χ2n) is 5.16. The van der Waals surface area contributed by atoms with Gasteiger partial charge in [-0.15, -0.1) is 0 Å². The van der Waals surface area contributed by atoms with Crippen LogP contribution in [0.25, 0.3) is 0 Å². The monoisotopic (exact) mass is 296 g/mol. The molecule has 0 saturated heterocycles. The molecule has 0 heterocycles. The van der Waals surface area contributed by atoms with Gasteiger partial charge in [0.1, 0.15) is 5.82 Å².